The Morgan fingerprint density at radius 1 is 1.50 bits per heavy atom. The average molecular weight is 239 g/mol. The molecule has 2 aromatic rings. The fourth-order valence-electron chi connectivity index (χ4n) is 1.66. The molecule has 7 heteroatoms. The summed E-state index contributed by atoms with van der Waals surface area (Å²) in [5.41, 5.74) is 5.41. The minimum Gasteiger partial charge on any atom is -0.386 e. The maximum atomic E-state index is 9.79. The molecule has 2 aromatic heterocycles. The molecule has 0 amide bonds. The number of rotatable bonds is 4. The van der Waals surface area contributed by atoms with Crippen LogP contribution in [0.25, 0.3) is 4.96 Å². The summed E-state index contributed by atoms with van der Waals surface area (Å²) in [4.78, 5) is 0.757. The van der Waals surface area contributed by atoms with Crippen LogP contribution in [-0.2, 0) is 0 Å². The van der Waals surface area contributed by atoms with Crippen molar-refractivity contribution in [3.63, 3.8) is 0 Å². The fourth-order valence-corrected chi connectivity index (χ4v) is 2.52. The van der Waals surface area contributed by atoms with E-state index in [4.69, 9.17) is 5.73 Å². The zero-order valence-corrected chi connectivity index (χ0v) is 9.52. The minimum absolute atomic E-state index is 0.455. The first kappa shape index (κ1) is 10.1. The van der Waals surface area contributed by atoms with E-state index in [2.05, 4.69) is 15.3 Å². The highest BCUT2D eigenvalue weighted by molar-refractivity contribution is 7.16. The molecule has 6 nitrogen and oxygen atoms in total. The van der Waals surface area contributed by atoms with Crippen molar-refractivity contribution in [3.05, 3.63) is 10.8 Å². The first-order chi connectivity index (χ1) is 7.79. The molecule has 1 aliphatic carbocycles. The van der Waals surface area contributed by atoms with Gasteiger partial charge >= 0.3 is 0 Å². The van der Waals surface area contributed by atoms with Crippen molar-refractivity contribution in [2.45, 2.75) is 31.3 Å². The maximum Gasteiger partial charge on any atom is 0.234 e. The Morgan fingerprint density at radius 2 is 2.31 bits per heavy atom. The van der Waals surface area contributed by atoms with Crippen LogP contribution in [0, 0.1) is 0 Å². The Bertz CT molecular complexity index is 503. The van der Waals surface area contributed by atoms with Crippen LogP contribution in [0.4, 0.5) is 0 Å². The van der Waals surface area contributed by atoms with Crippen LogP contribution in [0.5, 0.6) is 0 Å². The summed E-state index contributed by atoms with van der Waals surface area (Å²) in [5.74, 6) is 1.44. The number of aliphatic hydroxyl groups excluding tert-OH is 1. The van der Waals surface area contributed by atoms with Crippen molar-refractivity contribution < 1.29 is 5.11 Å². The SMILES string of the molecule is NCCC(O)c1nn2c(C3CC3)nnc2s1. The van der Waals surface area contributed by atoms with E-state index in [0.29, 0.717) is 23.9 Å². The normalized spacial score (nSPS) is 18.1. The van der Waals surface area contributed by atoms with Crippen LogP contribution in [0.3, 0.4) is 0 Å². The molecule has 0 saturated heterocycles. The third-order valence-electron chi connectivity index (χ3n) is 2.70. The van der Waals surface area contributed by atoms with Gasteiger partial charge in [-0.25, -0.2) is 0 Å². The summed E-state index contributed by atoms with van der Waals surface area (Å²) >= 11 is 1.38. The van der Waals surface area contributed by atoms with Gasteiger partial charge in [0.2, 0.25) is 4.96 Å². The number of aliphatic hydroxyl groups is 1. The van der Waals surface area contributed by atoms with E-state index < -0.39 is 6.10 Å². The summed E-state index contributed by atoms with van der Waals surface area (Å²) in [6.45, 7) is 0.455. The van der Waals surface area contributed by atoms with Crippen molar-refractivity contribution in [1.29, 1.82) is 0 Å². The van der Waals surface area contributed by atoms with Gasteiger partial charge in [-0.15, -0.1) is 10.2 Å². The Labute approximate surface area is 96.1 Å². The summed E-state index contributed by atoms with van der Waals surface area (Å²) in [7, 11) is 0. The molecular weight excluding hydrogens is 226 g/mol. The standard InChI is InChI=1S/C9H13N5OS/c10-4-3-6(15)8-13-14-7(5-1-2-5)11-12-9(14)16-8/h5-6,15H,1-4,10H2. The van der Waals surface area contributed by atoms with E-state index in [1.807, 2.05) is 0 Å². The monoisotopic (exact) mass is 239 g/mol. The Hall–Kier alpha value is -1.05. The maximum absolute atomic E-state index is 9.79. The number of nitrogens with zero attached hydrogens (tertiary/aromatic N) is 4. The molecule has 1 atom stereocenters. The quantitative estimate of drug-likeness (QED) is 0.808. The van der Waals surface area contributed by atoms with Crippen LogP contribution >= 0.6 is 11.3 Å². The van der Waals surface area contributed by atoms with E-state index in [0.717, 1.165) is 10.8 Å². The van der Waals surface area contributed by atoms with Gasteiger partial charge in [0.1, 0.15) is 11.1 Å². The molecule has 0 aromatic carbocycles. The molecule has 0 spiro atoms. The highest BCUT2D eigenvalue weighted by Crippen LogP contribution is 2.39. The van der Waals surface area contributed by atoms with Gasteiger partial charge in [-0.3, -0.25) is 0 Å². The smallest absolute Gasteiger partial charge is 0.234 e. The lowest BCUT2D eigenvalue weighted by Crippen LogP contribution is -2.07. The molecule has 0 aliphatic heterocycles. The van der Waals surface area contributed by atoms with Crippen molar-refractivity contribution in [2.75, 3.05) is 6.54 Å². The number of aromatic nitrogens is 4. The van der Waals surface area contributed by atoms with Gasteiger partial charge in [-0.2, -0.15) is 9.61 Å². The highest BCUT2D eigenvalue weighted by Gasteiger charge is 2.30. The van der Waals surface area contributed by atoms with Gasteiger partial charge in [0.15, 0.2) is 5.82 Å². The Kier molecular flexibility index (Phi) is 2.38. The Morgan fingerprint density at radius 3 is 3.00 bits per heavy atom. The van der Waals surface area contributed by atoms with Gasteiger partial charge in [0.05, 0.1) is 0 Å². The van der Waals surface area contributed by atoms with Gasteiger partial charge in [0, 0.05) is 5.92 Å². The van der Waals surface area contributed by atoms with E-state index in [9.17, 15) is 5.11 Å². The van der Waals surface area contributed by atoms with Crippen molar-refractivity contribution in [1.82, 2.24) is 19.8 Å². The van der Waals surface area contributed by atoms with E-state index in [-0.39, 0.29) is 0 Å². The predicted molar refractivity (Wildman–Crippen MR) is 59.3 cm³/mol. The van der Waals surface area contributed by atoms with Gasteiger partial charge in [0.25, 0.3) is 0 Å². The average Bonchev–Trinajstić information content (AvgIpc) is 2.89. The summed E-state index contributed by atoms with van der Waals surface area (Å²) < 4.78 is 1.76. The predicted octanol–water partition coefficient (Wildman–Crippen LogP) is 0.445. The molecule has 16 heavy (non-hydrogen) atoms. The van der Waals surface area contributed by atoms with Gasteiger partial charge in [-0.1, -0.05) is 11.3 Å². The largest absolute Gasteiger partial charge is 0.386 e. The molecule has 86 valence electrons. The topological polar surface area (TPSA) is 89.3 Å². The third kappa shape index (κ3) is 1.60. The highest BCUT2D eigenvalue weighted by atomic mass is 32.1. The summed E-state index contributed by atoms with van der Waals surface area (Å²) in [6, 6.07) is 0. The number of nitrogens with two attached hydrogens (primary N) is 1. The first-order valence-corrected chi connectivity index (χ1v) is 6.21. The van der Waals surface area contributed by atoms with E-state index in [1.54, 1.807) is 4.52 Å². The minimum atomic E-state index is -0.580. The molecule has 1 aliphatic rings. The van der Waals surface area contributed by atoms with Crippen LogP contribution < -0.4 is 5.73 Å². The summed E-state index contributed by atoms with van der Waals surface area (Å²) in [6.07, 6.45) is 2.28. The fraction of sp³-hybridized carbons (Fsp3) is 0.667. The Balaban J connectivity index is 1.96. The van der Waals surface area contributed by atoms with Gasteiger partial charge in [-0.05, 0) is 25.8 Å². The van der Waals surface area contributed by atoms with Crippen LogP contribution in [-0.4, -0.2) is 31.5 Å². The van der Waals surface area contributed by atoms with Crippen molar-refractivity contribution >= 4 is 16.3 Å². The summed E-state index contributed by atoms with van der Waals surface area (Å²) in [5, 5.41) is 23.0. The lowest BCUT2D eigenvalue weighted by atomic mass is 10.3. The molecular formula is C9H13N5OS. The second-order valence-corrected chi connectivity index (χ2v) is 5.05. The van der Waals surface area contributed by atoms with E-state index >= 15 is 0 Å². The lowest BCUT2D eigenvalue weighted by molar-refractivity contribution is 0.168. The molecule has 3 rings (SSSR count). The van der Waals surface area contributed by atoms with Crippen molar-refractivity contribution in [3.8, 4) is 0 Å². The number of hydrogen-bond donors (Lipinski definition) is 2. The number of hydrogen-bond acceptors (Lipinski definition) is 6. The molecule has 2 heterocycles. The first-order valence-electron chi connectivity index (χ1n) is 5.39. The second kappa shape index (κ2) is 3.76. The second-order valence-electron chi connectivity index (χ2n) is 4.06. The zero-order valence-electron chi connectivity index (χ0n) is 8.70. The molecule has 0 bridgehead atoms. The molecule has 0 radical (unpaired) electrons. The van der Waals surface area contributed by atoms with Crippen LogP contribution in [0.1, 0.15) is 42.1 Å². The third-order valence-corrected chi connectivity index (χ3v) is 3.70. The number of fused-ring (bicyclic) bond motifs is 1. The molecule has 1 saturated carbocycles. The van der Waals surface area contributed by atoms with Crippen LogP contribution in [0.2, 0.25) is 0 Å². The van der Waals surface area contributed by atoms with Crippen molar-refractivity contribution in [2.24, 2.45) is 5.73 Å². The zero-order chi connectivity index (χ0) is 11.1. The molecule has 3 N–H and O–H groups in total. The molecule has 1 fully saturated rings. The van der Waals surface area contributed by atoms with Crippen LogP contribution in [0.15, 0.2) is 0 Å². The van der Waals surface area contributed by atoms with E-state index in [1.165, 1.54) is 24.2 Å². The molecule has 1 unspecified atom stereocenters. The lowest BCUT2D eigenvalue weighted by Gasteiger charge is -2.02. The van der Waals surface area contributed by atoms with Gasteiger partial charge < -0.3 is 10.8 Å².